The van der Waals surface area contributed by atoms with E-state index in [1.165, 1.54) is 6.07 Å². The average Bonchev–Trinajstić information content (AvgIpc) is 2.97. The predicted molar refractivity (Wildman–Crippen MR) is 83.8 cm³/mol. The van der Waals surface area contributed by atoms with Crippen molar-refractivity contribution in [3.05, 3.63) is 48.3 Å². The molecule has 0 fully saturated rings. The topological polar surface area (TPSA) is 67.1 Å². The van der Waals surface area contributed by atoms with Gasteiger partial charge in [0, 0.05) is 18.3 Å². The lowest BCUT2D eigenvalue weighted by Gasteiger charge is -2.16. The minimum absolute atomic E-state index is 0.0448. The van der Waals surface area contributed by atoms with Crippen LogP contribution in [0.4, 0.5) is 24.7 Å². The lowest BCUT2D eigenvalue weighted by atomic mass is 10.2. The Balaban J connectivity index is 1.69. The average molecular weight is 336 g/mol. The van der Waals surface area contributed by atoms with E-state index in [1.54, 1.807) is 6.07 Å². The number of nitrogens with zero attached hydrogens (tertiary/aromatic N) is 4. The second kappa shape index (κ2) is 6.34. The fraction of sp³-hybridized carbons (Fsp3) is 0.267. The largest absolute Gasteiger partial charge is 0.453 e. The fourth-order valence-corrected chi connectivity index (χ4v) is 2.19. The molecule has 6 nitrogen and oxygen atoms in total. The summed E-state index contributed by atoms with van der Waals surface area (Å²) in [7, 11) is 0. The van der Waals surface area contributed by atoms with E-state index in [0.717, 1.165) is 5.69 Å². The van der Waals surface area contributed by atoms with Gasteiger partial charge in [0.1, 0.15) is 5.82 Å². The van der Waals surface area contributed by atoms with E-state index in [9.17, 15) is 13.2 Å². The SMILES string of the molecule is CC(CNc1ccc2nnc(C(F)(F)F)n2n1)Nc1ccccc1. The summed E-state index contributed by atoms with van der Waals surface area (Å²) in [6.07, 6.45) is -4.60. The van der Waals surface area contributed by atoms with E-state index in [-0.39, 0.29) is 11.7 Å². The van der Waals surface area contributed by atoms with Crippen molar-refractivity contribution < 1.29 is 13.2 Å². The van der Waals surface area contributed by atoms with Gasteiger partial charge in [-0.2, -0.15) is 17.7 Å². The van der Waals surface area contributed by atoms with Gasteiger partial charge in [0.15, 0.2) is 5.65 Å². The monoisotopic (exact) mass is 336 g/mol. The Morgan fingerprint density at radius 1 is 1.08 bits per heavy atom. The van der Waals surface area contributed by atoms with Crippen LogP contribution in [0.2, 0.25) is 0 Å². The third-order valence-electron chi connectivity index (χ3n) is 3.29. The molecule has 0 amide bonds. The molecule has 0 spiro atoms. The van der Waals surface area contributed by atoms with Gasteiger partial charge in [-0.3, -0.25) is 0 Å². The summed E-state index contributed by atoms with van der Waals surface area (Å²) in [4.78, 5) is 0. The number of hydrogen-bond acceptors (Lipinski definition) is 5. The smallest absolute Gasteiger partial charge is 0.381 e. The third kappa shape index (κ3) is 3.55. The van der Waals surface area contributed by atoms with E-state index in [4.69, 9.17) is 0 Å². The van der Waals surface area contributed by atoms with Gasteiger partial charge in [-0.1, -0.05) is 18.2 Å². The van der Waals surface area contributed by atoms with Crippen LogP contribution in [-0.4, -0.2) is 32.4 Å². The first-order valence-corrected chi connectivity index (χ1v) is 7.28. The lowest BCUT2D eigenvalue weighted by molar-refractivity contribution is -0.146. The number of benzene rings is 1. The third-order valence-corrected chi connectivity index (χ3v) is 3.29. The number of alkyl halides is 3. The zero-order valence-corrected chi connectivity index (χ0v) is 12.7. The van der Waals surface area contributed by atoms with Crippen LogP contribution in [0, 0.1) is 0 Å². The first-order chi connectivity index (χ1) is 11.4. The highest BCUT2D eigenvalue weighted by atomic mass is 19.4. The summed E-state index contributed by atoms with van der Waals surface area (Å²) in [6, 6.07) is 12.7. The standard InChI is InChI=1S/C15H15F3N6/c1-10(20-11-5-3-2-4-6-11)9-19-12-7-8-13-21-22-14(15(16,17)18)24(13)23-12/h2-8,10,20H,9H2,1H3,(H,19,23). The lowest BCUT2D eigenvalue weighted by Crippen LogP contribution is -2.25. The normalized spacial score (nSPS) is 13.0. The Hall–Kier alpha value is -2.84. The highest BCUT2D eigenvalue weighted by molar-refractivity contribution is 5.46. The van der Waals surface area contributed by atoms with Gasteiger partial charge in [0.2, 0.25) is 0 Å². The molecule has 24 heavy (non-hydrogen) atoms. The van der Waals surface area contributed by atoms with Crippen molar-refractivity contribution in [2.24, 2.45) is 0 Å². The number of anilines is 2. The van der Waals surface area contributed by atoms with E-state index < -0.39 is 12.0 Å². The Bertz CT molecular complexity index is 815. The van der Waals surface area contributed by atoms with Crippen molar-refractivity contribution in [3.63, 3.8) is 0 Å². The van der Waals surface area contributed by atoms with Gasteiger partial charge < -0.3 is 10.6 Å². The second-order valence-corrected chi connectivity index (χ2v) is 5.30. The van der Waals surface area contributed by atoms with Gasteiger partial charge in [0.25, 0.3) is 5.82 Å². The van der Waals surface area contributed by atoms with Gasteiger partial charge in [0.05, 0.1) is 0 Å². The van der Waals surface area contributed by atoms with Gasteiger partial charge in [-0.25, -0.2) is 0 Å². The molecule has 1 unspecified atom stereocenters. The van der Waals surface area contributed by atoms with Gasteiger partial charge in [-0.15, -0.1) is 15.3 Å². The maximum absolute atomic E-state index is 12.8. The molecule has 2 aromatic heterocycles. The number of halogens is 3. The quantitative estimate of drug-likeness (QED) is 0.750. The molecule has 9 heteroatoms. The van der Waals surface area contributed by atoms with E-state index in [1.807, 2.05) is 37.3 Å². The molecule has 1 atom stereocenters. The number of hydrogen-bond donors (Lipinski definition) is 2. The molecular formula is C15H15F3N6. The molecule has 0 bridgehead atoms. The predicted octanol–water partition coefficient (Wildman–Crippen LogP) is 3.06. The maximum Gasteiger partial charge on any atom is 0.453 e. The molecule has 0 aliphatic rings. The van der Waals surface area contributed by atoms with Crippen molar-refractivity contribution >= 4 is 17.2 Å². The molecule has 2 heterocycles. The summed E-state index contributed by atoms with van der Waals surface area (Å²) < 4.78 is 39.2. The van der Waals surface area contributed by atoms with Crippen molar-refractivity contribution in [2.75, 3.05) is 17.2 Å². The van der Waals surface area contributed by atoms with Gasteiger partial charge in [-0.05, 0) is 31.2 Å². The molecule has 0 aliphatic carbocycles. The first-order valence-electron chi connectivity index (χ1n) is 7.28. The maximum atomic E-state index is 12.8. The van der Waals surface area contributed by atoms with Crippen molar-refractivity contribution in [3.8, 4) is 0 Å². The number of para-hydroxylation sites is 1. The minimum atomic E-state index is -4.60. The summed E-state index contributed by atoms with van der Waals surface area (Å²) in [5, 5.41) is 16.8. The number of nitrogens with one attached hydrogen (secondary N) is 2. The van der Waals surface area contributed by atoms with Crippen molar-refractivity contribution in [1.82, 2.24) is 19.8 Å². The van der Waals surface area contributed by atoms with Crippen LogP contribution in [0.25, 0.3) is 5.65 Å². The number of rotatable bonds is 5. The van der Waals surface area contributed by atoms with Crippen molar-refractivity contribution in [1.29, 1.82) is 0 Å². The molecule has 3 rings (SSSR count). The second-order valence-electron chi connectivity index (χ2n) is 5.30. The molecular weight excluding hydrogens is 321 g/mol. The van der Waals surface area contributed by atoms with E-state index in [2.05, 4.69) is 25.9 Å². The van der Waals surface area contributed by atoms with Crippen LogP contribution in [0.15, 0.2) is 42.5 Å². The van der Waals surface area contributed by atoms with Crippen LogP contribution in [-0.2, 0) is 6.18 Å². The summed E-state index contributed by atoms with van der Waals surface area (Å²) >= 11 is 0. The van der Waals surface area contributed by atoms with Crippen LogP contribution in [0.3, 0.4) is 0 Å². The van der Waals surface area contributed by atoms with Crippen LogP contribution in [0.1, 0.15) is 12.7 Å². The molecule has 0 saturated heterocycles. The van der Waals surface area contributed by atoms with E-state index in [0.29, 0.717) is 16.9 Å². The molecule has 1 aromatic carbocycles. The molecule has 126 valence electrons. The van der Waals surface area contributed by atoms with Crippen LogP contribution >= 0.6 is 0 Å². The Labute approximate surface area is 135 Å². The summed E-state index contributed by atoms with van der Waals surface area (Å²) in [5.41, 5.74) is 1.01. The fourth-order valence-electron chi connectivity index (χ4n) is 2.19. The molecule has 0 saturated carbocycles. The first kappa shape index (κ1) is 16.0. The molecule has 3 aromatic rings. The molecule has 0 aliphatic heterocycles. The Morgan fingerprint density at radius 3 is 2.54 bits per heavy atom. The highest BCUT2D eigenvalue weighted by Gasteiger charge is 2.37. The van der Waals surface area contributed by atoms with E-state index >= 15 is 0 Å². The molecule has 0 radical (unpaired) electrons. The number of aromatic nitrogens is 4. The summed E-state index contributed by atoms with van der Waals surface area (Å²) in [6.45, 7) is 2.44. The minimum Gasteiger partial charge on any atom is -0.381 e. The summed E-state index contributed by atoms with van der Waals surface area (Å²) in [5.74, 6) is -0.828. The zero-order valence-electron chi connectivity index (χ0n) is 12.7. The van der Waals surface area contributed by atoms with Gasteiger partial charge >= 0.3 is 6.18 Å². The van der Waals surface area contributed by atoms with Crippen LogP contribution < -0.4 is 10.6 Å². The Morgan fingerprint density at radius 2 is 1.83 bits per heavy atom. The Kier molecular flexibility index (Phi) is 4.24. The highest BCUT2D eigenvalue weighted by Crippen LogP contribution is 2.27. The molecule has 2 N–H and O–H groups in total. The van der Waals surface area contributed by atoms with Crippen molar-refractivity contribution in [2.45, 2.75) is 19.1 Å². The number of fused-ring (bicyclic) bond motifs is 1. The zero-order chi connectivity index (χ0) is 17.2. The van der Waals surface area contributed by atoms with Crippen LogP contribution in [0.5, 0.6) is 0 Å².